The molecule has 0 aromatic heterocycles. The number of hydrogen-bond donors (Lipinski definition) is 1. The van der Waals surface area contributed by atoms with Crippen molar-refractivity contribution in [2.75, 3.05) is 5.32 Å². The van der Waals surface area contributed by atoms with Crippen LogP contribution >= 0.6 is 15.9 Å². The molecule has 124 valence electrons. The van der Waals surface area contributed by atoms with Crippen LogP contribution in [-0.4, -0.2) is 10.2 Å². The Bertz CT molecular complexity index is 648. The SMILES string of the molecule is O=C(CC12C[C@H]3C[C@@H](CC(Br)(C3)C1)C2)Nc1ccc(F)cc1F. The van der Waals surface area contributed by atoms with E-state index in [4.69, 9.17) is 0 Å². The van der Waals surface area contributed by atoms with Crippen molar-refractivity contribution >= 4 is 27.5 Å². The summed E-state index contributed by atoms with van der Waals surface area (Å²) in [5.41, 5.74) is 0.114. The van der Waals surface area contributed by atoms with E-state index in [2.05, 4.69) is 21.2 Å². The van der Waals surface area contributed by atoms with Crippen molar-refractivity contribution in [1.29, 1.82) is 0 Å². The van der Waals surface area contributed by atoms with Gasteiger partial charge in [0, 0.05) is 16.8 Å². The van der Waals surface area contributed by atoms with Crippen LogP contribution in [0.15, 0.2) is 18.2 Å². The molecular weight excluding hydrogens is 364 g/mol. The normalized spacial score (nSPS) is 37.9. The number of anilines is 1. The molecule has 0 saturated heterocycles. The first-order chi connectivity index (χ1) is 10.8. The molecule has 4 fully saturated rings. The topological polar surface area (TPSA) is 29.1 Å². The molecule has 5 rings (SSSR count). The van der Waals surface area contributed by atoms with E-state index in [9.17, 15) is 13.6 Å². The van der Waals surface area contributed by atoms with E-state index >= 15 is 0 Å². The van der Waals surface area contributed by atoms with Crippen molar-refractivity contribution < 1.29 is 13.6 Å². The van der Waals surface area contributed by atoms with Gasteiger partial charge < -0.3 is 5.32 Å². The quantitative estimate of drug-likeness (QED) is 0.728. The van der Waals surface area contributed by atoms with Gasteiger partial charge in [-0.1, -0.05) is 15.9 Å². The molecule has 0 heterocycles. The van der Waals surface area contributed by atoms with Crippen molar-refractivity contribution in [3.05, 3.63) is 29.8 Å². The second-order valence-corrected chi connectivity index (χ2v) is 9.64. The Morgan fingerprint density at radius 3 is 2.52 bits per heavy atom. The molecule has 2 atom stereocenters. The number of alkyl halides is 1. The zero-order chi connectivity index (χ0) is 16.2. The highest BCUT2D eigenvalue weighted by atomic mass is 79.9. The molecule has 0 radical (unpaired) electrons. The number of halogens is 3. The lowest BCUT2D eigenvalue weighted by atomic mass is 9.48. The molecule has 23 heavy (non-hydrogen) atoms. The van der Waals surface area contributed by atoms with Crippen LogP contribution in [0.5, 0.6) is 0 Å². The van der Waals surface area contributed by atoms with Crippen LogP contribution in [-0.2, 0) is 4.79 Å². The van der Waals surface area contributed by atoms with Gasteiger partial charge in [0.2, 0.25) is 5.91 Å². The lowest BCUT2D eigenvalue weighted by Crippen LogP contribution is -2.53. The third-order valence-electron chi connectivity index (χ3n) is 5.85. The van der Waals surface area contributed by atoms with Crippen LogP contribution in [0, 0.1) is 28.9 Å². The van der Waals surface area contributed by atoms with Gasteiger partial charge in [0.25, 0.3) is 0 Å². The van der Waals surface area contributed by atoms with Gasteiger partial charge in [-0.25, -0.2) is 8.78 Å². The van der Waals surface area contributed by atoms with E-state index in [0.717, 1.165) is 31.4 Å². The minimum absolute atomic E-state index is 0.0498. The molecule has 0 spiro atoms. The first-order valence-electron chi connectivity index (χ1n) is 8.29. The van der Waals surface area contributed by atoms with E-state index in [-0.39, 0.29) is 21.3 Å². The summed E-state index contributed by atoms with van der Waals surface area (Å²) in [6, 6.07) is 3.25. The summed E-state index contributed by atoms with van der Waals surface area (Å²) in [4.78, 5) is 12.5. The number of carbonyl (C=O) groups is 1. The maximum absolute atomic E-state index is 13.7. The van der Waals surface area contributed by atoms with Gasteiger partial charge in [0.1, 0.15) is 11.6 Å². The second kappa shape index (κ2) is 5.27. The van der Waals surface area contributed by atoms with Crippen LogP contribution in [0.4, 0.5) is 14.5 Å². The standard InChI is InChI=1S/C18H20BrF2NO/c19-18-7-11-3-12(8-18)6-17(5-11,10-18)9-16(23)22-15-2-1-13(20)4-14(15)21/h1-2,4,11-12H,3,5-10H2,(H,22,23)/t11-,12-,17?,18?/m1/s1. The van der Waals surface area contributed by atoms with Gasteiger partial charge in [-0.05, 0) is 67.9 Å². The van der Waals surface area contributed by atoms with E-state index in [1.807, 2.05) is 0 Å². The third kappa shape index (κ3) is 2.92. The van der Waals surface area contributed by atoms with Crippen LogP contribution in [0.3, 0.4) is 0 Å². The Morgan fingerprint density at radius 1 is 1.22 bits per heavy atom. The van der Waals surface area contributed by atoms with Gasteiger partial charge in [-0.3, -0.25) is 4.79 Å². The fourth-order valence-corrected chi connectivity index (χ4v) is 7.18. The Hall–Kier alpha value is -0.970. The minimum Gasteiger partial charge on any atom is -0.324 e. The predicted molar refractivity (Wildman–Crippen MR) is 88.4 cm³/mol. The zero-order valence-corrected chi connectivity index (χ0v) is 14.5. The monoisotopic (exact) mass is 383 g/mol. The average Bonchev–Trinajstić information content (AvgIpc) is 2.38. The fraction of sp³-hybridized carbons (Fsp3) is 0.611. The number of hydrogen-bond acceptors (Lipinski definition) is 1. The van der Waals surface area contributed by atoms with Gasteiger partial charge in [0.05, 0.1) is 5.69 Å². The molecule has 1 aromatic carbocycles. The lowest BCUT2D eigenvalue weighted by molar-refractivity contribution is -0.123. The van der Waals surface area contributed by atoms with E-state index < -0.39 is 11.6 Å². The Kier molecular flexibility index (Phi) is 3.56. The summed E-state index contributed by atoms with van der Waals surface area (Å²) < 4.78 is 26.9. The van der Waals surface area contributed by atoms with Crippen molar-refractivity contribution in [3.8, 4) is 0 Å². The second-order valence-electron chi connectivity index (χ2n) is 7.96. The van der Waals surface area contributed by atoms with Crippen molar-refractivity contribution in [2.45, 2.75) is 49.3 Å². The lowest BCUT2D eigenvalue weighted by Gasteiger charge is -2.60. The maximum Gasteiger partial charge on any atom is 0.225 e. The van der Waals surface area contributed by atoms with Gasteiger partial charge in [0.15, 0.2) is 0 Å². The number of rotatable bonds is 3. The number of amides is 1. The highest BCUT2D eigenvalue weighted by Gasteiger charge is 2.57. The molecule has 0 aliphatic heterocycles. The average molecular weight is 384 g/mol. The first kappa shape index (κ1) is 15.6. The Balaban J connectivity index is 1.48. The van der Waals surface area contributed by atoms with Gasteiger partial charge in [-0.2, -0.15) is 0 Å². The summed E-state index contributed by atoms with van der Waals surface area (Å²) in [5, 5.41) is 2.63. The highest BCUT2D eigenvalue weighted by molar-refractivity contribution is 9.10. The summed E-state index contributed by atoms with van der Waals surface area (Å²) in [6.45, 7) is 0. The number of nitrogens with one attached hydrogen (secondary N) is 1. The number of benzene rings is 1. The zero-order valence-electron chi connectivity index (χ0n) is 12.9. The van der Waals surface area contributed by atoms with Gasteiger partial charge >= 0.3 is 0 Å². The van der Waals surface area contributed by atoms with Crippen molar-refractivity contribution in [2.24, 2.45) is 17.3 Å². The Morgan fingerprint density at radius 2 is 1.91 bits per heavy atom. The van der Waals surface area contributed by atoms with E-state index in [1.165, 1.54) is 25.3 Å². The largest absolute Gasteiger partial charge is 0.324 e. The highest BCUT2D eigenvalue weighted by Crippen LogP contribution is 2.65. The maximum atomic E-state index is 13.7. The minimum atomic E-state index is -0.721. The summed E-state index contributed by atoms with van der Waals surface area (Å²) in [5.74, 6) is -0.0887. The molecule has 4 aliphatic carbocycles. The first-order valence-corrected chi connectivity index (χ1v) is 9.08. The van der Waals surface area contributed by atoms with Crippen LogP contribution in [0.25, 0.3) is 0 Å². The van der Waals surface area contributed by atoms with Crippen molar-refractivity contribution in [3.63, 3.8) is 0 Å². The third-order valence-corrected chi connectivity index (χ3v) is 6.78. The summed E-state index contributed by atoms with van der Waals surface area (Å²) in [7, 11) is 0. The molecule has 4 saturated carbocycles. The fourth-order valence-electron chi connectivity index (χ4n) is 5.67. The molecule has 1 aromatic rings. The molecule has 4 aliphatic rings. The Labute approximate surface area is 143 Å². The molecule has 5 heteroatoms. The smallest absolute Gasteiger partial charge is 0.225 e. The molecule has 1 amide bonds. The van der Waals surface area contributed by atoms with Crippen molar-refractivity contribution in [1.82, 2.24) is 0 Å². The molecular formula is C18H20BrF2NO. The summed E-state index contributed by atoms with van der Waals surface area (Å²) in [6.07, 6.45) is 7.42. The molecule has 2 nitrogen and oxygen atoms in total. The molecule has 4 bridgehead atoms. The van der Waals surface area contributed by atoms with Crippen LogP contribution in [0.1, 0.15) is 44.9 Å². The van der Waals surface area contributed by atoms with Gasteiger partial charge in [-0.15, -0.1) is 0 Å². The molecule has 1 N–H and O–H groups in total. The van der Waals surface area contributed by atoms with Crippen LogP contribution in [0.2, 0.25) is 0 Å². The van der Waals surface area contributed by atoms with E-state index in [1.54, 1.807) is 0 Å². The van der Waals surface area contributed by atoms with E-state index in [0.29, 0.717) is 18.3 Å². The number of carbonyl (C=O) groups excluding carboxylic acids is 1. The molecule has 0 unspecified atom stereocenters. The summed E-state index contributed by atoms with van der Waals surface area (Å²) >= 11 is 3.94. The predicted octanol–water partition coefficient (Wildman–Crippen LogP) is 5.03. The van der Waals surface area contributed by atoms with Crippen LogP contribution < -0.4 is 5.32 Å².